The number of methoxy groups -OCH3 is 1. The van der Waals surface area contributed by atoms with Gasteiger partial charge >= 0.3 is 11.9 Å². The molecule has 3 heterocycles. The third-order valence-corrected chi connectivity index (χ3v) is 5.50. The van der Waals surface area contributed by atoms with E-state index in [1.54, 1.807) is 13.1 Å². The van der Waals surface area contributed by atoms with Gasteiger partial charge in [-0.05, 0) is 43.7 Å². The summed E-state index contributed by atoms with van der Waals surface area (Å²) in [6.07, 6.45) is 4.00. The van der Waals surface area contributed by atoms with E-state index >= 15 is 0 Å². The Bertz CT molecular complexity index is 891. The molecule has 0 saturated carbocycles. The highest BCUT2D eigenvalue weighted by atomic mass is 16.5. The van der Waals surface area contributed by atoms with Crippen LogP contribution in [0.1, 0.15) is 55.2 Å². The number of nitrogens with zero attached hydrogens (tertiary/aromatic N) is 3. The molecular weight excluding hydrogens is 358 g/mol. The van der Waals surface area contributed by atoms with Gasteiger partial charge < -0.3 is 14.4 Å². The standard InChI is InChI=1S/C21H29N3O4/c1-6-28-20(26)16-13-24-17(22-16)11-14(2)15(12-18(25)27-5)19(24)23-9-7-21(3,4)8-10-23/h11,13H,6-10,12H2,1-5H3. The Morgan fingerprint density at radius 3 is 2.54 bits per heavy atom. The lowest BCUT2D eigenvalue weighted by molar-refractivity contribution is -0.139. The Hall–Kier alpha value is -2.57. The van der Waals surface area contributed by atoms with Gasteiger partial charge in [-0.25, -0.2) is 9.78 Å². The van der Waals surface area contributed by atoms with Gasteiger partial charge in [-0.3, -0.25) is 9.20 Å². The third kappa shape index (κ3) is 3.98. The molecule has 1 fully saturated rings. The monoisotopic (exact) mass is 387 g/mol. The number of fused-ring (bicyclic) bond motifs is 1. The van der Waals surface area contributed by atoms with E-state index in [1.165, 1.54) is 7.11 Å². The maximum atomic E-state index is 12.2. The lowest BCUT2D eigenvalue weighted by atomic mass is 9.82. The van der Waals surface area contributed by atoms with Crippen LogP contribution in [0.4, 0.5) is 5.82 Å². The van der Waals surface area contributed by atoms with Crippen LogP contribution in [0, 0.1) is 12.3 Å². The van der Waals surface area contributed by atoms with Crippen molar-refractivity contribution in [3.63, 3.8) is 0 Å². The van der Waals surface area contributed by atoms with Crippen LogP contribution in [0.25, 0.3) is 5.65 Å². The number of esters is 2. The van der Waals surface area contributed by atoms with Crippen molar-refractivity contribution in [2.24, 2.45) is 5.41 Å². The molecule has 0 aromatic carbocycles. The van der Waals surface area contributed by atoms with E-state index in [2.05, 4.69) is 23.7 Å². The minimum absolute atomic E-state index is 0.181. The van der Waals surface area contributed by atoms with E-state index in [-0.39, 0.29) is 18.1 Å². The number of carbonyl (C=O) groups excluding carboxylic acids is 2. The first kappa shape index (κ1) is 20.2. The molecule has 0 bridgehead atoms. The van der Waals surface area contributed by atoms with Gasteiger partial charge in [0.1, 0.15) is 11.5 Å². The predicted octanol–water partition coefficient (Wildman–Crippen LogP) is 3.16. The molecule has 0 atom stereocenters. The molecular formula is C21H29N3O4. The van der Waals surface area contributed by atoms with Crippen molar-refractivity contribution in [1.29, 1.82) is 0 Å². The highest BCUT2D eigenvalue weighted by Gasteiger charge is 2.29. The van der Waals surface area contributed by atoms with Crippen molar-refractivity contribution in [3.05, 3.63) is 29.1 Å². The fourth-order valence-electron chi connectivity index (χ4n) is 3.67. The quantitative estimate of drug-likeness (QED) is 0.734. The SMILES string of the molecule is CCOC(=O)c1cn2c(N3CCC(C)(C)CC3)c(CC(=O)OC)c(C)cc2n1. The number of aryl methyl sites for hydroxylation is 1. The summed E-state index contributed by atoms with van der Waals surface area (Å²) >= 11 is 0. The van der Waals surface area contributed by atoms with Crippen molar-refractivity contribution in [2.45, 2.75) is 47.0 Å². The summed E-state index contributed by atoms with van der Waals surface area (Å²) in [7, 11) is 1.40. The second-order valence-electron chi connectivity index (χ2n) is 8.11. The highest BCUT2D eigenvalue weighted by Crippen LogP contribution is 2.35. The minimum Gasteiger partial charge on any atom is -0.469 e. The van der Waals surface area contributed by atoms with Crippen LogP contribution in [0.15, 0.2) is 12.3 Å². The van der Waals surface area contributed by atoms with Crippen molar-refractivity contribution >= 4 is 23.4 Å². The molecule has 0 aliphatic carbocycles. The Kier molecular flexibility index (Phi) is 5.63. The number of anilines is 1. The van der Waals surface area contributed by atoms with Crippen molar-refractivity contribution in [1.82, 2.24) is 9.38 Å². The first-order valence-corrected chi connectivity index (χ1v) is 9.76. The van der Waals surface area contributed by atoms with E-state index in [1.807, 2.05) is 17.4 Å². The van der Waals surface area contributed by atoms with Crippen LogP contribution >= 0.6 is 0 Å². The second-order valence-corrected chi connectivity index (χ2v) is 8.11. The zero-order valence-electron chi connectivity index (χ0n) is 17.4. The normalized spacial score (nSPS) is 16.2. The average molecular weight is 387 g/mol. The Labute approximate surface area is 165 Å². The van der Waals surface area contributed by atoms with Crippen molar-refractivity contribution in [3.8, 4) is 0 Å². The molecule has 1 saturated heterocycles. The summed E-state index contributed by atoms with van der Waals surface area (Å²) in [5.41, 5.74) is 3.11. The van der Waals surface area contributed by atoms with E-state index in [9.17, 15) is 9.59 Å². The number of hydrogen-bond donors (Lipinski definition) is 0. The number of carbonyl (C=O) groups is 2. The molecule has 0 spiro atoms. The molecule has 7 nitrogen and oxygen atoms in total. The van der Waals surface area contributed by atoms with E-state index < -0.39 is 5.97 Å². The van der Waals surface area contributed by atoms with E-state index in [4.69, 9.17) is 9.47 Å². The molecule has 1 aliphatic rings. The number of aromatic nitrogens is 2. The highest BCUT2D eigenvalue weighted by molar-refractivity contribution is 5.88. The van der Waals surface area contributed by atoms with Crippen LogP contribution in [0.3, 0.4) is 0 Å². The minimum atomic E-state index is -0.441. The molecule has 0 radical (unpaired) electrons. The lowest BCUT2D eigenvalue weighted by Gasteiger charge is -2.39. The molecule has 0 amide bonds. The van der Waals surface area contributed by atoms with Gasteiger partial charge in [0.2, 0.25) is 0 Å². The predicted molar refractivity (Wildman–Crippen MR) is 107 cm³/mol. The summed E-state index contributed by atoms with van der Waals surface area (Å²) in [5, 5.41) is 0. The third-order valence-electron chi connectivity index (χ3n) is 5.50. The molecule has 28 heavy (non-hydrogen) atoms. The van der Waals surface area contributed by atoms with Crippen LogP contribution < -0.4 is 4.90 Å². The van der Waals surface area contributed by atoms with Gasteiger partial charge in [-0.2, -0.15) is 0 Å². The van der Waals surface area contributed by atoms with E-state index in [0.717, 1.165) is 42.9 Å². The van der Waals surface area contributed by atoms with Gasteiger partial charge in [0, 0.05) is 24.8 Å². The summed E-state index contributed by atoms with van der Waals surface area (Å²) in [6, 6.07) is 1.90. The molecule has 7 heteroatoms. The summed E-state index contributed by atoms with van der Waals surface area (Å²) in [5.74, 6) is 0.190. The molecule has 1 aliphatic heterocycles. The van der Waals surface area contributed by atoms with Gasteiger partial charge in [-0.15, -0.1) is 0 Å². The number of rotatable bonds is 5. The van der Waals surface area contributed by atoms with Crippen LogP contribution in [0.2, 0.25) is 0 Å². The number of pyridine rings is 1. The smallest absolute Gasteiger partial charge is 0.358 e. The maximum absolute atomic E-state index is 12.2. The molecule has 2 aromatic rings. The van der Waals surface area contributed by atoms with E-state index in [0.29, 0.717) is 17.7 Å². The Morgan fingerprint density at radius 2 is 1.93 bits per heavy atom. The first-order valence-electron chi connectivity index (χ1n) is 9.76. The number of hydrogen-bond acceptors (Lipinski definition) is 6. The molecule has 0 N–H and O–H groups in total. The maximum Gasteiger partial charge on any atom is 0.358 e. The van der Waals surface area contributed by atoms with Gasteiger partial charge in [-0.1, -0.05) is 13.8 Å². The largest absolute Gasteiger partial charge is 0.469 e. The topological polar surface area (TPSA) is 73.1 Å². The first-order chi connectivity index (χ1) is 13.3. The molecule has 3 rings (SSSR count). The summed E-state index contributed by atoms with van der Waals surface area (Å²) < 4.78 is 11.9. The van der Waals surface area contributed by atoms with Crippen LogP contribution in [-0.2, 0) is 20.7 Å². The Morgan fingerprint density at radius 1 is 1.25 bits per heavy atom. The van der Waals surface area contributed by atoms with Gasteiger partial charge in [0.15, 0.2) is 5.69 Å². The zero-order chi connectivity index (χ0) is 20.5. The lowest BCUT2D eigenvalue weighted by Crippen LogP contribution is -2.39. The molecule has 0 unspecified atom stereocenters. The van der Waals surface area contributed by atoms with Crippen LogP contribution in [-0.4, -0.2) is 48.1 Å². The molecule has 152 valence electrons. The van der Waals surface area contributed by atoms with Crippen molar-refractivity contribution in [2.75, 3.05) is 31.7 Å². The van der Waals surface area contributed by atoms with Gasteiger partial charge in [0.05, 0.1) is 20.1 Å². The molecule has 2 aromatic heterocycles. The number of ether oxygens (including phenoxy) is 2. The van der Waals surface area contributed by atoms with Crippen molar-refractivity contribution < 1.29 is 19.1 Å². The second kappa shape index (κ2) is 7.81. The van der Waals surface area contributed by atoms with Crippen LogP contribution in [0.5, 0.6) is 0 Å². The fraction of sp³-hybridized carbons (Fsp3) is 0.571. The Balaban J connectivity index is 2.12. The fourth-order valence-corrected chi connectivity index (χ4v) is 3.67. The van der Waals surface area contributed by atoms with Gasteiger partial charge in [0.25, 0.3) is 0 Å². The number of imidazole rings is 1. The summed E-state index contributed by atoms with van der Waals surface area (Å²) in [4.78, 5) is 31.0. The average Bonchev–Trinajstić information content (AvgIpc) is 3.06. The summed E-state index contributed by atoms with van der Waals surface area (Å²) in [6.45, 7) is 10.4. The zero-order valence-corrected chi connectivity index (χ0v) is 17.4. The number of piperidine rings is 1.